The minimum Gasteiger partial charge on any atom is -0.352 e. The van der Waals surface area contributed by atoms with Gasteiger partial charge in [0.2, 0.25) is 5.91 Å². The van der Waals surface area contributed by atoms with E-state index in [1.165, 1.54) is 0 Å². The third-order valence-electron chi connectivity index (χ3n) is 2.34. The van der Waals surface area contributed by atoms with E-state index in [1.54, 1.807) is 11.8 Å². The van der Waals surface area contributed by atoms with Crippen LogP contribution in [0.1, 0.15) is 27.2 Å². The molecule has 0 aliphatic heterocycles. The van der Waals surface area contributed by atoms with E-state index in [1.807, 2.05) is 13.2 Å². The molecule has 0 rings (SSSR count). The van der Waals surface area contributed by atoms with Crippen molar-refractivity contribution in [3.8, 4) is 0 Å². The number of nitrogens with one attached hydrogen (secondary N) is 1. The van der Waals surface area contributed by atoms with Crippen LogP contribution in [0.15, 0.2) is 0 Å². The van der Waals surface area contributed by atoms with Gasteiger partial charge in [-0.3, -0.25) is 4.79 Å². The number of carbonyl (C=O) groups excluding carboxylic acids is 1. The van der Waals surface area contributed by atoms with Crippen molar-refractivity contribution in [3.05, 3.63) is 0 Å². The smallest absolute Gasteiger partial charge is 0.237 e. The Morgan fingerprint density at radius 3 is 2.43 bits per heavy atom. The number of rotatable bonds is 6. The van der Waals surface area contributed by atoms with Crippen LogP contribution in [0, 0.1) is 5.92 Å². The second kappa shape index (κ2) is 7.12. The van der Waals surface area contributed by atoms with Crippen LogP contribution in [0.3, 0.4) is 0 Å². The highest BCUT2D eigenvalue weighted by molar-refractivity contribution is 7.98. The second-order valence-electron chi connectivity index (χ2n) is 3.93. The van der Waals surface area contributed by atoms with Gasteiger partial charge in [-0.15, -0.1) is 0 Å². The maximum absolute atomic E-state index is 11.5. The number of thioether (sulfide) groups is 1. The van der Waals surface area contributed by atoms with E-state index in [0.29, 0.717) is 5.92 Å². The Labute approximate surface area is 91.2 Å². The Morgan fingerprint density at radius 1 is 1.43 bits per heavy atom. The first-order chi connectivity index (χ1) is 6.49. The second-order valence-corrected chi connectivity index (χ2v) is 4.91. The molecule has 1 unspecified atom stereocenters. The quantitative estimate of drug-likeness (QED) is 0.705. The molecule has 0 saturated carbocycles. The number of amides is 1. The first-order valence-electron chi connectivity index (χ1n) is 5.04. The van der Waals surface area contributed by atoms with Gasteiger partial charge in [0.15, 0.2) is 0 Å². The molecule has 3 nitrogen and oxygen atoms in total. The minimum absolute atomic E-state index is 0.0275. The fourth-order valence-electron chi connectivity index (χ4n) is 0.874. The molecule has 0 aromatic rings. The van der Waals surface area contributed by atoms with E-state index in [2.05, 4.69) is 19.2 Å². The monoisotopic (exact) mass is 218 g/mol. The highest BCUT2D eigenvalue weighted by atomic mass is 32.2. The summed E-state index contributed by atoms with van der Waals surface area (Å²) < 4.78 is 0. The number of hydrogen-bond acceptors (Lipinski definition) is 3. The fraction of sp³-hybridized carbons (Fsp3) is 0.900. The molecule has 2 atom stereocenters. The highest BCUT2D eigenvalue weighted by Crippen LogP contribution is 2.02. The Bertz CT molecular complexity index is 174. The first-order valence-corrected chi connectivity index (χ1v) is 6.43. The molecule has 0 aromatic heterocycles. The van der Waals surface area contributed by atoms with Gasteiger partial charge in [0.1, 0.15) is 0 Å². The van der Waals surface area contributed by atoms with Crippen molar-refractivity contribution >= 4 is 17.7 Å². The molecular weight excluding hydrogens is 196 g/mol. The molecule has 84 valence electrons. The van der Waals surface area contributed by atoms with E-state index in [-0.39, 0.29) is 18.0 Å². The predicted molar refractivity (Wildman–Crippen MR) is 63.4 cm³/mol. The SMILES string of the molecule is CSCC[C@H](N)C(=O)NC(C)C(C)C. The van der Waals surface area contributed by atoms with Crippen molar-refractivity contribution in [2.75, 3.05) is 12.0 Å². The van der Waals surface area contributed by atoms with Gasteiger partial charge in [0.25, 0.3) is 0 Å². The van der Waals surface area contributed by atoms with Crippen LogP contribution in [0.25, 0.3) is 0 Å². The van der Waals surface area contributed by atoms with Crippen molar-refractivity contribution < 1.29 is 4.79 Å². The molecule has 0 aliphatic rings. The van der Waals surface area contributed by atoms with Gasteiger partial charge in [0, 0.05) is 6.04 Å². The summed E-state index contributed by atoms with van der Waals surface area (Å²) in [4.78, 5) is 11.5. The lowest BCUT2D eigenvalue weighted by molar-refractivity contribution is -0.123. The van der Waals surface area contributed by atoms with Crippen molar-refractivity contribution in [3.63, 3.8) is 0 Å². The normalized spacial score (nSPS) is 15.3. The Morgan fingerprint density at radius 2 is 2.00 bits per heavy atom. The molecule has 14 heavy (non-hydrogen) atoms. The van der Waals surface area contributed by atoms with E-state index in [0.717, 1.165) is 12.2 Å². The molecule has 4 heteroatoms. The van der Waals surface area contributed by atoms with Gasteiger partial charge in [-0.1, -0.05) is 13.8 Å². The highest BCUT2D eigenvalue weighted by Gasteiger charge is 2.16. The Hall–Kier alpha value is -0.220. The van der Waals surface area contributed by atoms with Gasteiger partial charge < -0.3 is 11.1 Å². The molecule has 0 saturated heterocycles. The molecule has 0 heterocycles. The minimum atomic E-state index is -0.358. The Kier molecular flexibility index (Phi) is 7.01. The summed E-state index contributed by atoms with van der Waals surface area (Å²) in [5.41, 5.74) is 5.73. The first kappa shape index (κ1) is 13.8. The predicted octanol–water partition coefficient (Wildman–Crippen LogP) is 1.23. The van der Waals surface area contributed by atoms with Crippen LogP contribution in [-0.2, 0) is 4.79 Å². The van der Waals surface area contributed by atoms with Crippen LogP contribution in [0.5, 0.6) is 0 Å². The molecule has 0 spiro atoms. The van der Waals surface area contributed by atoms with Crippen LogP contribution in [0.2, 0.25) is 0 Å². The summed E-state index contributed by atoms with van der Waals surface area (Å²) in [5, 5.41) is 2.91. The van der Waals surface area contributed by atoms with E-state index >= 15 is 0 Å². The molecule has 0 aliphatic carbocycles. The van der Waals surface area contributed by atoms with Crippen molar-refractivity contribution in [1.29, 1.82) is 0 Å². The maximum Gasteiger partial charge on any atom is 0.237 e. The molecule has 0 radical (unpaired) electrons. The summed E-state index contributed by atoms with van der Waals surface area (Å²) >= 11 is 1.71. The van der Waals surface area contributed by atoms with Crippen molar-refractivity contribution in [1.82, 2.24) is 5.32 Å². The number of carbonyl (C=O) groups is 1. The molecular formula is C10H22N2OS. The summed E-state index contributed by atoms with van der Waals surface area (Å²) in [6.45, 7) is 6.17. The van der Waals surface area contributed by atoms with E-state index in [9.17, 15) is 4.79 Å². The maximum atomic E-state index is 11.5. The van der Waals surface area contributed by atoms with Gasteiger partial charge in [-0.2, -0.15) is 11.8 Å². The zero-order valence-corrected chi connectivity index (χ0v) is 10.4. The van der Waals surface area contributed by atoms with Crippen molar-refractivity contribution in [2.45, 2.75) is 39.3 Å². The molecule has 1 amide bonds. The zero-order valence-electron chi connectivity index (χ0n) is 9.54. The zero-order chi connectivity index (χ0) is 11.1. The Balaban J connectivity index is 3.82. The third-order valence-corrected chi connectivity index (χ3v) is 2.98. The van der Waals surface area contributed by atoms with Crippen LogP contribution in [-0.4, -0.2) is 30.0 Å². The largest absolute Gasteiger partial charge is 0.352 e. The summed E-state index contributed by atoms with van der Waals surface area (Å²) in [5.74, 6) is 1.36. The lowest BCUT2D eigenvalue weighted by atomic mass is 10.1. The summed E-state index contributed by atoms with van der Waals surface area (Å²) in [7, 11) is 0. The van der Waals surface area contributed by atoms with Gasteiger partial charge >= 0.3 is 0 Å². The molecule has 0 aromatic carbocycles. The molecule has 0 fully saturated rings. The lowest BCUT2D eigenvalue weighted by Gasteiger charge is -2.20. The van der Waals surface area contributed by atoms with Crippen LogP contribution < -0.4 is 11.1 Å². The lowest BCUT2D eigenvalue weighted by Crippen LogP contribution is -2.46. The fourth-order valence-corrected chi connectivity index (χ4v) is 1.36. The van der Waals surface area contributed by atoms with E-state index in [4.69, 9.17) is 5.73 Å². The van der Waals surface area contributed by atoms with Crippen LogP contribution >= 0.6 is 11.8 Å². The average molecular weight is 218 g/mol. The van der Waals surface area contributed by atoms with Gasteiger partial charge in [-0.05, 0) is 31.3 Å². The summed E-state index contributed by atoms with van der Waals surface area (Å²) in [6, 6.07) is -0.161. The summed E-state index contributed by atoms with van der Waals surface area (Å²) in [6.07, 6.45) is 2.76. The average Bonchev–Trinajstić information content (AvgIpc) is 2.13. The van der Waals surface area contributed by atoms with Crippen LogP contribution in [0.4, 0.5) is 0 Å². The van der Waals surface area contributed by atoms with Crippen molar-refractivity contribution in [2.24, 2.45) is 11.7 Å². The standard InChI is InChI=1S/C10H22N2OS/c1-7(2)8(3)12-10(13)9(11)5-6-14-4/h7-9H,5-6,11H2,1-4H3,(H,12,13)/t8?,9-/m0/s1. The topological polar surface area (TPSA) is 55.1 Å². The van der Waals surface area contributed by atoms with Gasteiger partial charge in [-0.25, -0.2) is 0 Å². The van der Waals surface area contributed by atoms with Gasteiger partial charge in [0.05, 0.1) is 6.04 Å². The number of hydrogen-bond donors (Lipinski definition) is 2. The molecule has 3 N–H and O–H groups in total. The molecule has 0 bridgehead atoms. The third kappa shape index (κ3) is 5.50. The number of nitrogens with two attached hydrogens (primary N) is 1. The van der Waals surface area contributed by atoms with E-state index < -0.39 is 0 Å².